The van der Waals surface area contributed by atoms with Crippen LogP contribution in [0, 0.1) is 18.6 Å². The molecule has 0 radical (unpaired) electrons. The lowest BCUT2D eigenvalue weighted by Gasteiger charge is -2.19. The Bertz CT molecular complexity index is 1310. The second kappa shape index (κ2) is 9.31. The lowest BCUT2D eigenvalue weighted by atomic mass is 10.0. The van der Waals surface area contributed by atoms with Crippen LogP contribution in [0.4, 0.5) is 8.78 Å². The number of ether oxygens (including phenoxy) is 2. The van der Waals surface area contributed by atoms with Crippen LogP contribution >= 0.6 is 0 Å². The molecule has 0 saturated heterocycles. The van der Waals surface area contributed by atoms with Gasteiger partial charge in [-0.1, -0.05) is 19.1 Å². The van der Waals surface area contributed by atoms with E-state index in [1.807, 2.05) is 26.0 Å². The number of tetrazole rings is 1. The van der Waals surface area contributed by atoms with Gasteiger partial charge >= 0.3 is 5.69 Å². The lowest BCUT2D eigenvalue weighted by molar-refractivity contribution is 0.282. The van der Waals surface area contributed by atoms with Crippen LogP contribution in [0.2, 0.25) is 0 Å². The summed E-state index contributed by atoms with van der Waals surface area (Å²) < 4.78 is 41.4. The molecule has 1 aliphatic rings. The maximum Gasteiger partial charge on any atom is 0.368 e. The molecule has 0 bridgehead atoms. The molecule has 2 heterocycles. The number of hydrogen-bond acceptors (Lipinski definition) is 7. The topological polar surface area (TPSA) is 95.9 Å². The van der Waals surface area contributed by atoms with Crippen LogP contribution in [0.5, 0.6) is 5.75 Å². The molecule has 11 heteroatoms. The molecule has 0 amide bonds. The fraction of sp³-hybridized carbons (Fsp3) is 0.318. The van der Waals surface area contributed by atoms with E-state index in [2.05, 4.69) is 20.6 Å². The van der Waals surface area contributed by atoms with Gasteiger partial charge in [-0.2, -0.15) is 14.5 Å². The molecule has 0 N–H and O–H groups in total. The average molecular weight is 456 g/mol. The van der Waals surface area contributed by atoms with E-state index in [0.29, 0.717) is 30.1 Å². The van der Waals surface area contributed by atoms with Crippen LogP contribution in [0.25, 0.3) is 5.69 Å². The number of rotatable bonds is 5. The van der Waals surface area contributed by atoms with E-state index in [0.717, 1.165) is 27.9 Å². The molecule has 0 saturated carbocycles. The van der Waals surface area contributed by atoms with E-state index in [1.54, 1.807) is 6.07 Å². The van der Waals surface area contributed by atoms with Crippen molar-refractivity contribution in [3.05, 3.63) is 69.1 Å². The van der Waals surface area contributed by atoms with Crippen LogP contribution in [-0.4, -0.2) is 38.0 Å². The van der Waals surface area contributed by atoms with Crippen molar-refractivity contribution in [3.8, 4) is 11.4 Å². The third-order valence-corrected chi connectivity index (χ3v) is 5.21. The Morgan fingerprint density at radius 3 is 2.82 bits per heavy atom. The van der Waals surface area contributed by atoms with Crippen molar-refractivity contribution < 1.29 is 18.3 Å². The molecule has 172 valence electrons. The van der Waals surface area contributed by atoms with Crippen molar-refractivity contribution in [2.24, 2.45) is 17.3 Å². The highest BCUT2D eigenvalue weighted by atomic mass is 19.1. The summed E-state index contributed by atoms with van der Waals surface area (Å²) in [7, 11) is 1.52. The van der Waals surface area contributed by atoms with Gasteiger partial charge in [-0.25, -0.2) is 13.6 Å². The zero-order chi connectivity index (χ0) is 23.5. The third kappa shape index (κ3) is 4.52. The maximum atomic E-state index is 14.3. The first-order chi connectivity index (χ1) is 15.9. The Balaban J connectivity index is 1.60. The molecule has 1 aliphatic heterocycles. The van der Waals surface area contributed by atoms with Crippen molar-refractivity contribution in [1.29, 1.82) is 0 Å². The SMILES string of the molecule is CC/C(=N\N=C1/CCOc2cc(F)cc(F)c21)OCc1c(C)cccc1-n1nnn(C)c1=O. The summed E-state index contributed by atoms with van der Waals surface area (Å²) in [6.45, 7) is 4.10. The van der Waals surface area contributed by atoms with Gasteiger partial charge in [-0.15, -0.1) is 5.10 Å². The minimum atomic E-state index is -0.753. The highest BCUT2D eigenvalue weighted by Crippen LogP contribution is 2.29. The van der Waals surface area contributed by atoms with E-state index in [4.69, 9.17) is 9.47 Å². The van der Waals surface area contributed by atoms with Gasteiger partial charge < -0.3 is 9.47 Å². The molecule has 1 aromatic heterocycles. The smallest absolute Gasteiger partial charge is 0.368 e. The van der Waals surface area contributed by atoms with Crippen LogP contribution in [0.15, 0.2) is 45.3 Å². The van der Waals surface area contributed by atoms with Crippen LogP contribution in [0.1, 0.15) is 36.5 Å². The number of halogens is 2. The highest BCUT2D eigenvalue weighted by Gasteiger charge is 2.23. The van der Waals surface area contributed by atoms with Gasteiger partial charge in [0.05, 0.1) is 23.6 Å². The molecule has 0 unspecified atom stereocenters. The van der Waals surface area contributed by atoms with Gasteiger partial charge in [-0.05, 0) is 29.0 Å². The van der Waals surface area contributed by atoms with Crippen molar-refractivity contribution >= 4 is 11.6 Å². The number of fused-ring (bicyclic) bond motifs is 1. The fourth-order valence-electron chi connectivity index (χ4n) is 3.44. The molecule has 0 fully saturated rings. The minimum Gasteiger partial charge on any atom is -0.492 e. The normalized spacial score (nSPS) is 14.8. The summed E-state index contributed by atoms with van der Waals surface area (Å²) in [5.74, 6) is -1.05. The highest BCUT2D eigenvalue weighted by molar-refractivity contribution is 6.04. The monoisotopic (exact) mass is 456 g/mol. The van der Waals surface area contributed by atoms with Gasteiger partial charge in [0, 0.05) is 37.6 Å². The molecular formula is C22H22F2N6O3. The van der Waals surface area contributed by atoms with Crippen molar-refractivity contribution in [2.75, 3.05) is 6.61 Å². The Morgan fingerprint density at radius 1 is 1.27 bits per heavy atom. The Kier molecular flexibility index (Phi) is 6.29. The molecule has 4 rings (SSSR count). The van der Waals surface area contributed by atoms with Crippen LogP contribution in [-0.2, 0) is 18.4 Å². The summed E-state index contributed by atoms with van der Waals surface area (Å²) in [5, 5.41) is 16.0. The van der Waals surface area contributed by atoms with Gasteiger partial charge in [0.1, 0.15) is 24.0 Å². The van der Waals surface area contributed by atoms with Gasteiger partial charge in [-0.3, -0.25) is 0 Å². The van der Waals surface area contributed by atoms with E-state index in [9.17, 15) is 13.6 Å². The first-order valence-corrected chi connectivity index (χ1v) is 10.3. The standard InChI is InChI=1S/C22H22F2N6O3/c1-4-20(26-25-17-8-9-32-19-11-14(23)10-16(24)21(17)19)33-12-15-13(2)6-5-7-18(15)30-22(31)29(3)27-28-30/h5-7,10-11H,4,8-9,12H2,1-3H3/b25-17+,26-20+. The van der Waals surface area contributed by atoms with Crippen molar-refractivity contribution in [3.63, 3.8) is 0 Å². The molecule has 9 nitrogen and oxygen atoms in total. The number of benzene rings is 2. The fourth-order valence-corrected chi connectivity index (χ4v) is 3.44. The molecule has 0 atom stereocenters. The minimum absolute atomic E-state index is 0.102. The quantitative estimate of drug-likeness (QED) is 0.334. The summed E-state index contributed by atoms with van der Waals surface area (Å²) in [6, 6.07) is 7.38. The Morgan fingerprint density at radius 2 is 2.09 bits per heavy atom. The van der Waals surface area contributed by atoms with Crippen LogP contribution in [0.3, 0.4) is 0 Å². The van der Waals surface area contributed by atoms with E-state index in [-0.39, 0.29) is 30.2 Å². The second-order valence-corrected chi connectivity index (χ2v) is 7.41. The second-order valence-electron chi connectivity index (χ2n) is 7.41. The number of hydrogen-bond donors (Lipinski definition) is 0. The zero-order valence-corrected chi connectivity index (χ0v) is 18.4. The average Bonchev–Trinajstić information content (AvgIpc) is 3.12. The largest absolute Gasteiger partial charge is 0.492 e. The predicted octanol–water partition coefficient (Wildman–Crippen LogP) is 3.06. The predicted molar refractivity (Wildman–Crippen MR) is 117 cm³/mol. The molecular weight excluding hydrogens is 434 g/mol. The van der Waals surface area contributed by atoms with Crippen molar-refractivity contribution in [1.82, 2.24) is 19.8 Å². The number of aryl methyl sites for hydroxylation is 2. The first kappa shape index (κ1) is 22.3. The third-order valence-electron chi connectivity index (χ3n) is 5.21. The summed E-state index contributed by atoms with van der Waals surface area (Å²) in [6.07, 6.45) is 0.756. The molecule has 2 aromatic carbocycles. The Labute approximate surface area is 187 Å². The molecule has 0 aliphatic carbocycles. The molecule has 33 heavy (non-hydrogen) atoms. The van der Waals surface area contributed by atoms with E-state index >= 15 is 0 Å². The van der Waals surface area contributed by atoms with Crippen LogP contribution < -0.4 is 10.4 Å². The van der Waals surface area contributed by atoms with Gasteiger partial charge in [0.15, 0.2) is 0 Å². The Hall–Kier alpha value is -3.89. The zero-order valence-electron chi connectivity index (χ0n) is 18.4. The summed E-state index contributed by atoms with van der Waals surface area (Å²) in [5.41, 5.74) is 2.27. The lowest BCUT2D eigenvalue weighted by Crippen LogP contribution is -2.23. The molecule has 0 spiro atoms. The maximum absolute atomic E-state index is 14.3. The summed E-state index contributed by atoms with van der Waals surface area (Å²) >= 11 is 0. The summed E-state index contributed by atoms with van der Waals surface area (Å²) in [4.78, 5) is 12.3. The van der Waals surface area contributed by atoms with Crippen molar-refractivity contribution in [2.45, 2.75) is 33.3 Å². The number of nitrogens with zero attached hydrogens (tertiary/aromatic N) is 6. The van der Waals surface area contributed by atoms with Gasteiger partial charge in [0.25, 0.3) is 0 Å². The van der Waals surface area contributed by atoms with E-state index in [1.165, 1.54) is 11.7 Å². The van der Waals surface area contributed by atoms with E-state index < -0.39 is 11.6 Å². The van der Waals surface area contributed by atoms with Gasteiger partial charge in [0.2, 0.25) is 5.90 Å². The number of aromatic nitrogens is 4. The first-order valence-electron chi connectivity index (χ1n) is 10.3. The molecule has 3 aromatic rings.